The van der Waals surface area contributed by atoms with Gasteiger partial charge in [-0.3, -0.25) is 9.59 Å². The third-order valence-corrected chi connectivity index (χ3v) is 4.64. The van der Waals surface area contributed by atoms with Crippen LogP contribution in [0.15, 0.2) is 48.5 Å². The monoisotopic (exact) mass is 368 g/mol. The molecule has 3 rings (SSSR count). The second-order valence-electron chi connectivity index (χ2n) is 6.54. The molecule has 0 aliphatic carbocycles. The Morgan fingerprint density at radius 1 is 1.00 bits per heavy atom. The van der Waals surface area contributed by atoms with Gasteiger partial charge in [0.05, 0.1) is 6.10 Å². The molecule has 0 radical (unpaired) electrons. The van der Waals surface area contributed by atoms with Gasteiger partial charge in [-0.2, -0.15) is 0 Å². The smallest absolute Gasteiger partial charge is 0.308 e. The van der Waals surface area contributed by atoms with Crippen molar-refractivity contribution in [3.63, 3.8) is 0 Å². The first kappa shape index (κ1) is 18.9. The standard InChI is InChI=1S/C21H24N2O4/c1-15(24)27-20-9-3-16(4-10-20)21(25)22-17-5-7-18(8-6-17)23-13-11-19(26-2)12-14-23/h3-10,19H,11-14H2,1-2H3,(H,22,25). The SMILES string of the molecule is COC1CCN(c2ccc(NC(=O)c3ccc(OC(C)=O)cc3)cc2)CC1. The lowest BCUT2D eigenvalue weighted by atomic mass is 10.1. The molecule has 1 heterocycles. The zero-order chi connectivity index (χ0) is 19.2. The van der Waals surface area contributed by atoms with Crippen LogP contribution in [0.2, 0.25) is 0 Å². The summed E-state index contributed by atoms with van der Waals surface area (Å²) in [7, 11) is 1.77. The van der Waals surface area contributed by atoms with Crippen LogP contribution in [0.5, 0.6) is 5.75 Å². The number of carbonyl (C=O) groups is 2. The average molecular weight is 368 g/mol. The van der Waals surface area contributed by atoms with E-state index in [0.29, 0.717) is 17.4 Å². The number of nitrogens with zero attached hydrogens (tertiary/aromatic N) is 1. The Labute approximate surface area is 159 Å². The number of hydrogen-bond donors (Lipinski definition) is 1. The van der Waals surface area contributed by atoms with Crippen molar-refractivity contribution in [2.75, 3.05) is 30.4 Å². The quantitative estimate of drug-likeness (QED) is 0.646. The van der Waals surface area contributed by atoms with Crippen LogP contribution in [-0.2, 0) is 9.53 Å². The van der Waals surface area contributed by atoms with Crippen LogP contribution in [0.4, 0.5) is 11.4 Å². The van der Waals surface area contributed by atoms with Gasteiger partial charge < -0.3 is 19.7 Å². The first-order valence-corrected chi connectivity index (χ1v) is 9.03. The minimum atomic E-state index is -0.390. The fourth-order valence-electron chi connectivity index (χ4n) is 3.15. The molecule has 0 saturated carbocycles. The van der Waals surface area contributed by atoms with Gasteiger partial charge in [-0.15, -0.1) is 0 Å². The number of benzene rings is 2. The summed E-state index contributed by atoms with van der Waals surface area (Å²) in [6.07, 6.45) is 2.41. The van der Waals surface area contributed by atoms with Crippen molar-refractivity contribution < 1.29 is 19.1 Å². The second kappa shape index (κ2) is 8.68. The summed E-state index contributed by atoms with van der Waals surface area (Å²) in [4.78, 5) is 25.6. The number of amides is 1. The van der Waals surface area contributed by atoms with E-state index in [9.17, 15) is 9.59 Å². The van der Waals surface area contributed by atoms with E-state index in [1.54, 1.807) is 31.4 Å². The topological polar surface area (TPSA) is 67.9 Å². The van der Waals surface area contributed by atoms with Crippen molar-refractivity contribution in [2.45, 2.75) is 25.9 Å². The molecule has 6 nitrogen and oxygen atoms in total. The number of rotatable bonds is 5. The van der Waals surface area contributed by atoms with E-state index in [-0.39, 0.29) is 5.91 Å². The van der Waals surface area contributed by atoms with Crippen molar-refractivity contribution in [1.29, 1.82) is 0 Å². The summed E-state index contributed by atoms with van der Waals surface area (Å²) < 4.78 is 10.4. The maximum atomic E-state index is 12.4. The van der Waals surface area contributed by atoms with Crippen LogP contribution in [-0.4, -0.2) is 38.2 Å². The van der Waals surface area contributed by atoms with Gasteiger partial charge >= 0.3 is 5.97 Å². The van der Waals surface area contributed by atoms with Gasteiger partial charge in [-0.05, 0) is 61.4 Å². The number of methoxy groups -OCH3 is 1. The maximum absolute atomic E-state index is 12.4. The first-order valence-electron chi connectivity index (χ1n) is 9.03. The molecule has 0 spiro atoms. The molecule has 1 aliphatic rings. The molecule has 2 aromatic carbocycles. The van der Waals surface area contributed by atoms with E-state index in [1.165, 1.54) is 6.92 Å². The zero-order valence-corrected chi connectivity index (χ0v) is 15.6. The second-order valence-corrected chi connectivity index (χ2v) is 6.54. The van der Waals surface area contributed by atoms with Gasteiger partial charge in [0.15, 0.2) is 0 Å². The van der Waals surface area contributed by atoms with Gasteiger partial charge in [-0.1, -0.05) is 0 Å². The highest BCUT2D eigenvalue weighted by Gasteiger charge is 2.18. The first-order chi connectivity index (χ1) is 13.0. The Balaban J connectivity index is 1.57. The number of piperidine rings is 1. The molecule has 0 atom stereocenters. The van der Waals surface area contributed by atoms with Gasteiger partial charge in [-0.25, -0.2) is 0 Å². The minimum Gasteiger partial charge on any atom is -0.427 e. The molecule has 1 N–H and O–H groups in total. The zero-order valence-electron chi connectivity index (χ0n) is 15.6. The van der Waals surface area contributed by atoms with Gasteiger partial charge in [0, 0.05) is 44.1 Å². The number of carbonyl (C=O) groups excluding carboxylic acids is 2. The van der Waals surface area contributed by atoms with Crippen molar-refractivity contribution in [1.82, 2.24) is 0 Å². The molecular weight excluding hydrogens is 344 g/mol. The Hall–Kier alpha value is -2.86. The Bertz CT molecular complexity index is 779. The number of nitrogens with one attached hydrogen (secondary N) is 1. The third kappa shape index (κ3) is 5.08. The maximum Gasteiger partial charge on any atom is 0.308 e. The highest BCUT2D eigenvalue weighted by molar-refractivity contribution is 6.04. The fourth-order valence-corrected chi connectivity index (χ4v) is 3.15. The Morgan fingerprint density at radius 3 is 2.19 bits per heavy atom. The Morgan fingerprint density at radius 2 is 1.63 bits per heavy atom. The normalized spacial score (nSPS) is 14.7. The summed E-state index contributed by atoms with van der Waals surface area (Å²) in [5, 5.41) is 2.88. The molecule has 27 heavy (non-hydrogen) atoms. The minimum absolute atomic E-state index is 0.210. The highest BCUT2D eigenvalue weighted by Crippen LogP contribution is 2.23. The van der Waals surface area contributed by atoms with E-state index < -0.39 is 5.97 Å². The molecule has 1 aliphatic heterocycles. The predicted molar refractivity (Wildman–Crippen MR) is 104 cm³/mol. The number of anilines is 2. The largest absolute Gasteiger partial charge is 0.427 e. The van der Waals surface area contributed by atoms with Crippen molar-refractivity contribution in [3.8, 4) is 5.75 Å². The molecule has 0 aromatic heterocycles. The van der Waals surface area contributed by atoms with Crippen LogP contribution in [0.3, 0.4) is 0 Å². The molecule has 0 bridgehead atoms. The van der Waals surface area contributed by atoms with E-state index >= 15 is 0 Å². The molecule has 0 unspecified atom stereocenters. The molecule has 2 aromatic rings. The molecule has 6 heteroatoms. The molecule has 1 fully saturated rings. The molecule has 1 amide bonds. The van der Waals surface area contributed by atoms with Crippen LogP contribution in [0.1, 0.15) is 30.1 Å². The highest BCUT2D eigenvalue weighted by atomic mass is 16.5. The van der Waals surface area contributed by atoms with E-state index in [4.69, 9.17) is 9.47 Å². The Kier molecular flexibility index (Phi) is 6.08. The van der Waals surface area contributed by atoms with Crippen LogP contribution >= 0.6 is 0 Å². The van der Waals surface area contributed by atoms with E-state index in [2.05, 4.69) is 10.2 Å². The van der Waals surface area contributed by atoms with Gasteiger partial charge in [0.25, 0.3) is 5.91 Å². The lowest BCUT2D eigenvalue weighted by molar-refractivity contribution is -0.131. The lowest BCUT2D eigenvalue weighted by Gasteiger charge is -2.33. The van der Waals surface area contributed by atoms with E-state index in [1.807, 2.05) is 24.3 Å². The van der Waals surface area contributed by atoms with Crippen LogP contribution in [0, 0.1) is 0 Å². The fraction of sp³-hybridized carbons (Fsp3) is 0.333. The number of hydrogen-bond acceptors (Lipinski definition) is 5. The number of ether oxygens (including phenoxy) is 2. The molecular formula is C21H24N2O4. The van der Waals surface area contributed by atoms with E-state index in [0.717, 1.165) is 37.3 Å². The molecule has 142 valence electrons. The van der Waals surface area contributed by atoms with Crippen molar-refractivity contribution in [3.05, 3.63) is 54.1 Å². The average Bonchev–Trinajstić information content (AvgIpc) is 2.69. The number of esters is 1. The van der Waals surface area contributed by atoms with Crippen LogP contribution in [0.25, 0.3) is 0 Å². The summed E-state index contributed by atoms with van der Waals surface area (Å²) in [5.41, 5.74) is 2.38. The summed E-state index contributed by atoms with van der Waals surface area (Å²) >= 11 is 0. The molecule has 1 saturated heterocycles. The predicted octanol–water partition coefficient (Wildman–Crippen LogP) is 3.48. The summed E-state index contributed by atoms with van der Waals surface area (Å²) in [6, 6.07) is 14.3. The van der Waals surface area contributed by atoms with Crippen molar-refractivity contribution >= 4 is 23.3 Å². The summed E-state index contributed by atoms with van der Waals surface area (Å²) in [5.74, 6) is -0.183. The van der Waals surface area contributed by atoms with Crippen molar-refractivity contribution in [2.24, 2.45) is 0 Å². The van der Waals surface area contributed by atoms with Gasteiger partial charge in [0.2, 0.25) is 0 Å². The lowest BCUT2D eigenvalue weighted by Crippen LogP contribution is -2.36. The third-order valence-electron chi connectivity index (χ3n) is 4.64. The van der Waals surface area contributed by atoms with Crippen LogP contribution < -0.4 is 15.0 Å². The van der Waals surface area contributed by atoms with Gasteiger partial charge in [0.1, 0.15) is 5.75 Å². The summed E-state index contributed by atoms with van der Waals surface area (Å²) in [6.45, 7) is 3.28.